The fourth-order valence-corrected chi connectivity index (χ4v) is 1.79. The molecule has 0 amide bonds. The van der Waals surface area contributed by atoms with Gasteiger partial charge in [0.25, 0.3) is 9.05 Å². The van der Waals surface area contributed by atoms with Gasteiger partial charge in [0.15, 0.2) is 0 Å². The molecule has 1 rings (SSSR count). The highest BCUT2D eigenvalue weighted by Gasteiger charge is 2.11. The summed E-state index contributed by atoms with van der Waals surface area (Å²) < 4.78 is 21.6. The fraction of sp³-hybridized carbons (Fsp3) is 0. The summed E-state index contributed by atoms with van der Waals surface area (Å²) in [5, 5.41) is 0.0803. The molecule has 0 radical (unpaired) electrons. The first-order valence-electron chi connectivity index (χ1n) is 3.07. The van der Waals surface area contributed by atoms with Gasteiger partial charge < -0.3 is 0 Å². The molecule has 3 nitrogen and oxygen atoms in total. The maximum Gasteiger partial charge on any atom is 0.261 e. The smallest absolute Gasteiger partial charge is 0.237 e. The van der Waals surface area contributed by atoms with Crippen molar-refractivity contribution in [2.75, 3.05) is 0 Å². The van der Waals surface area contributed by atoms with E-state index in [4.69, 9.17) is 28.9 Å². The molecule has 0 aromatic heterocycles. The highest BCUT2D eigenvalue weighted by atomic mass is 35.7. The molecule has 68 valence electrons. The number of halogens is 2. The predicted molar refractivity (Wildman–Crippen MR) is 50.8 cm³/mol. The molecule has 0 bridgehead atoms. The second-order valence-corrected chi connectivity index (χ2v) is 5.14. The molecule has 0 saturated carbocycles. The molecular formula is C7H3Cl2NO2S. The van der Waals surface area contributed by atoms with Crippen molar-refractivity contribution in [1.29, 1.82) is 0 Å². The topological polar surface area (TPSA) is 38.5 Å². The van der Waals surface area contributed by atoms with Gasteiger partial charge in [-0.25, -0.2) is 13.3 Å². The van der Waals surface area contributed by atoms with E-state index in [2.05, 4.69) is 4.85 Å². The quantitative estimate of drug-likeness (QED) is 0.555. The number of nitrogens with zero attached hydrogens (tertiary/aromatic N) is 1. The second kappa shape index (κ2) is 3.54. The van der Waals surface area contributed by atoms with Crippen molar-refractivity contribution in [2.45, 2.75) is 4.90 Å². The first-order chi connectivity index (χ1) is 5.95. The van der Waals surface area contributed by atoms with E-state index in [1.54, 1.807) is 0 Å². The van der Waals surface area contributed by atoms with E-state index in [1.165, 1.54) is 12.1 Å². The minimum Gasteiger partial charge on any atom is -0.237 e. The number of hydrogen-bond donors (Lipinski definition) is 0. The van der Waals surface area contributed by atoms with Crippen LogP contribution in [-0.2, 0) is 9.05 Å². The Bertz CT molecular complexity index is 476. The van der Waals surface area contributed by atoms with Gasteiger partial charge in [-0.05, 0) is 6.07 Å². The minimum absolute atomic E-state index is 0.0803. The van der Waals surface area contributed by atoms with Gasteiger partial charge in [0.05, 0.1) is 11.5 Å². The van der Waals surface area contributed by atoms with Crippen LogP contribution in [0, 0.1) is 6.57 Å². The van der Waals surface area contributed by atoms with E-state index in [0.717, 1.165) is 6.07 Å². The summed E-state index contributed by atoms with van der Waals surface area (Å²) in [5.41, 5.74) is 0.200. The lowest BCUT2D eigenvalue weighted by Crippen LogP contribution is -1.89. The van der Waals surface area contributed by atoms with Crippen molar-refractivity contribution < 1.29 is 8.42 Å². The molecule has 0 spiro atoms. The SMILES string of the molecule is [C-]#[N+]c1ccc(S(=O)(=O)Cl)cc1Cl. The van der Waals surface area contributed by atoms with Crippen molar-refractivity contribution in [3.8, 4) is 0 Å². The lowest BCUT2D eigenvalue weighted by atomic mass is 10.3. The first kappa shape index (κ1) is 10.3. The van der Waals surface area contributed by atoms with Gasteiger partial charge in [0.2, 0.25) is 5.69 Å². The molecule has 6 heteroatoms. The summed E-state index contributed by atoms with van der Waals surface area (Å²) in [6.45, 7) is 6.67. The molecular weight excluding hydrogens is 233 g/mol. The summed E-state index contributed by atoms with van der Waals surface area (Å²) in [5.74, 6) is 0. The van der Waals surface area contributed by atoms with Crippen LogP contribution < -0.4 is 0 Å². The van der Waals surface area contributed by atoms with Crippen LogP contribution >= 0.6 is 22.3 Å². The Kier molecular flexibility index (Phi) is 2.81. The van der Waals surface area contributed by atoms with Crippen molar-refractivity contribution in [3.05, 3.63) is 34.6 Å². The fourth-order valence-electron chi connectivity index (χ4n) is 0.730. The maximum absolute atomic E-state index is 10.8. The summed E-state index contributed by atoms with van der Waals surface area (Å²) in [7, 11) is 1.30. The third-order valence-electron chi connectivity index (χ3n) is 1.32. The summed E-state index contributed by atoms with van der Waals surface area (Å²) >= 11 is 5.60. The zero-order valence-electron chi connectivity index (χ0n) is 6.16. The Morgan fingerprint density at radius 1 is 1.38 bits per heavy atom. The standard InChI is InChI=1S/C7H3Cl2NO2S/c1-10-7-3-2-5(4-6(7)8)13(9,11)12/h2-4H. The van der Waals surface area contributed by atoms with Crippen LogP contribution in [0.1, 0.15) is 0 Å². The molecule has 0 heterocycles. The van der Waals surface area contributed by atoms with Crippen LogP contribution in [-0.4, -0.2) is 8.42 Å². The van der Waals surface area contributed by atoms with Crippen molar-refractivity contribution in [2.24, 2.45) is 0 Å². The Morgan fingerprint density at radius 3 is 2.38 bits per heavy atom. The molecule has 0 atom stereocenters. The van der Waals surface area contributed by atoms with E-state index in [9.17, 15) is 8.42 Å². The van der Waals surface area contributed by atoms with Crippen LogP contribution in [0.15, 0.2) is 23.1 Å². The summed E-state index contributed by atoms with van der Waals surface area (Å²) in [6, 6.07) is 3.70. The van der Waals surface area contributed by atoms with Crippen molar-refractivity contribution >= 4 is 37.0 Å². The van der Waals surface area contributed by atoms with Gasteiger partial charge in [-0.1, -0.05) is 23.7 Å². The highest BCUT2D eigenvalue weighted by molar-refractivity contribution is 8.13. The molecule has 0 N–H and O–H groups in total. The predicted octanol–water partition coefficient (Wildman–Crippen LogP) is 2.82. The average Bonchev–Trinajstić information content (AvgIpc) is 2.02. The molecule has 1 aromatic rings. The van der Waals surface area contributed by atoms with Gasteiger partial charge in [0, 0.05) is 15.7 Å². The van der Waals surface area contributed by atoms with Gasteiger partial charge in [-0.2, -0.15) is 0 Å². The maximum atomic E-state index is 10.8. The van der Waals surface area contributed by atoms with E-state index < -0.39 is 9.05 Å². The Morgan fingerprint density at radius 2 is 2.00 bits per heavy atom. The van der Waals surface area contributed by atoms with Crippen LogP contribution in [0.2, 0.25) is 5.02 Å². The first-order valence-corrected chi connectivity index (χ1v) is 5.75. The lowest BCUT2D eigenvalue weighted by molar-refractivity contribution is 0.609. The molecule has 0 aliphatic heterocycles. The zero-order chi connectivity index (χ0) is 10.1. The van der Waals surface area contributed by atoms with Crippen LogP contribution in [0.25, 0.3) is 4.85 Å². The Hall–Kier alpha value is -0.760. The number of rotatable bonds is 1. The molecule has 0 saturated heterocycles. The molecule has 0 aliphatic rings. The number of hydrogen-bond acceptors (Lipinski definition) is 2. The monoisotopic (exact) mass is 235 g/mol. The molecule has 0 fully saturated rings. The van der Waals surface area contributed by atoms with Gasteiger partial charge in [0.1, 0.15) is 0 Å². The van der Waals surface area contributed by atoms with Gasteiger partial charge in [-0.3, -0.25) is 0 Å². The minimum atomic E-state index is -3.77. The van der Waals surface area contributed by atoms with E-state index in [0.29, 0.717) is 0 Å². The van der Waals surface area contributed by atoms with Crippen LogP contribution in [0.4, 0.5) is 5.69 Å². The lowest BCUT2D eigenvalue weighted by Gasteiger charge is -1.97. The van der Waals surface area contributed by atoms with E-state index in [1.807, 2.05) is 0 Å². The molecule has 13 heavy (non-hydrogen) atoms. The van der Waals surface area contributed by atoms with E-state index in [-0.39, 0.29) is 15.6 Å². The van der Waals surface area contributed by atoms with Crippen LogP contribution in [0.3, 0.4) is 0 Å². The third kappa shape index (κ3) is 2.34. The number of benzene rings is 1. The summed E-state index contributed by atoms with van der Waals surface area (Å²) in [6.07, 6.45) is 0. The van der Waals surface area contributed by atoms with Gasteiger partial charge >= 0.3 is 0 Å². The third-order valence-corrected chi connectivity index (χ3v) is 2.98. The molecule has 0 unspecified atom stereocenters. The summed E-state index contributed by atoms with van der Waals surface area (Å²) in [4.78, 5) is 2.97. The van der Waals surface area contributed by atoms with E-state index >= 15 is 0 Å². The molecule has 1 aromatic carbocycles. The normalized spacial score (nSPS) is 10.8. The molecule has 0 aliphatic carbocycles. The Labute approximate surface area is 85.1 Å². The Balaban J connectivity index is 3.36. The van der Waals surface area contributed by atoms with Crippen molar-refractivity contribution in [3.63, 3.8) is 0 Å². The van der Waals surface area contributed by atoms with Gasteiger partial charge in [-0.15, -0.1) is 0 Å². The van der Waals surface area contributed by atoms with Crippen molar-refractivity contribution in [1.82, 2.24) is 0 Å². The van der Waals surface area contributed by atoms with Crippen LogP contribution in [0.5, 0.6) is 0 Å². The zero-order valence-corrected chi connectivity index (χ0v) is 8.49. The largest absolute Gasteiger partial charge is 0.261 e. The highest BCUT2D eigenvalue weighted by Crippen LogP contribution is 2.28. The second-order valence-electron chi connectivity index (χ2n) is 2.16. The average molecular weight is 236 g/mol.